The fourth-order valence-electron chi connectivity index (χ4n) is 1.99. The molecular formula is C9H19ClNO5P. The first-order valence-electron chi connectivity index (χ1n) is 5.18. The summed E-state index contributed by atoms with van der Waals surface area (Å²) in [5.41, 5.74) is 0. The van der Waals surface area contributed by atoms with Crippen LogP contribution >= 0.6 is 20.0 Å². The third-order valence-corrected chi connectivity index (χ3v) is 5.32. The average molecular weight is 288 g/mol. The summed E-state index contributed by atoms with van der Waals surface area (Å²) in [6.45, 7) is 3.48. The molecule has 1 fully saturated rings. The van der Waals surface area contributed by atoms with Gasteiger partial charge in [0.05, 0.1) is 5.16 Å². The Morgan fingerprint density at radius 2 is 1.94 bits per heavy atom. The predicted octanol–water partition coefficient (Wildman–Crippen LogP) is 0.817. The molecule has 0 aromatic heterocycles. The molecule has 0 aromatic carbocycles. The largest absolute Gasteiger partial charge is 0.480 e. The van der Waals surface area contributed by atoms with Gasteiger partial charge in [-0.05, 0) is 39.2 Å². The van der Waals surface area contributed by atoms with Gasteiger partial charge in [0.2, 0.25) is 0 Å². The number of aliphatic carboxylic acids is 1. The standard InChI is InChI=1S/C9H18NO5P.ClH/c1-9(2,16(13,14)15)6-3-4-10-7(5-6)8(11)12;/h6-7,10H,3-5H2,1-2H3,(H,11,12)(H2,13,14,15);1H/t6-,7+;/m1./s1. The van der Waals surface area contributed by atoms with Crippen molar-refractivity contribution in [3.63, 3.8) is 0 Å². The second-order valence-electron chi connectivity index (χ2n) is 4.76. The molecule has 0 saturated carbocycles. The lowest BCUT2D eigenvalue weighted by atomic mass is 9.83. The van der Waals surface area contributed by atoms with E-state index in [-0.39, 0.29) is 24.7 Å². The van der Waals surface area contributed by atoms with Crippen molar-refractivity contribution in [3.8, 4) is 0 Å². The number of piperidine rings is 1. The van der Waals surface area contributed by atoms with Gasteiger partial charge in [0, 0.05) is 0 Å². The molecule has 0 bridgehead atoms. The van der Waals surface area contributed by atoms with Crippen molar-refractivity contribution in [2.75, 3.05) is 6.54 Å². The Morgan fingerprint density at radius 1 is 1.41 bits per heavy atom. The maximum Gasteiger partial charge on any atom is 0.331 e. The Hall–Kier alpha value is -0.130. The van der Waals surface area contributed by atoms with Gasteiger partial charge >= 0.3 is 13.6 Å². The van der Waals surface area contributed by atoms with Gasteiger partial charge in [-0.3, -0.25) is 9.36 Å². The van der Waals surface area contributed by atoms with Gasteiger partial charge in [-0.2, -0.15) is 0 Å². The number of nitrogens with one attached hydrogen (secondary N) is 1. The molecule has 6 nitrogen and oxygen atoms in total. The molecule has 0 unspecified atom stereocenters. The lowest BCUT2D eigenvalue weighted by Crippen LogP contribution is -2.48. The number of rotatable bonds is 3. The van der Waals surface area contributed by atoms with Crippen molar-refractivity contribution >= 4 is 26.0 Å². The minimum Gasteiger partial charge on any atom is -0.480 e. The highest BCUT2D eigenvalue weighted by Crippen LogP contribution is 2.56. The van der Waals surface area contributed by atoms with Crippen molar-refractivity contribution in [3.05, 3.63) is 0 Å². The third kappa shape index (κ3) is 3.66. The van der Waals surface area contributed by atoms with Crippen molar-refractivity contribution in [2.24, 2.45) is 5.92 Å². The Morgan fingerprint density at radius 3 is 2.35 bits per heavy atom. The fourth-order valence-corrected chi connectivity index (χ4v) is 2.70. The molecule has 17 heavy (non-hydrogen) atoms. The minimum atomic E-state index is -4.21. The zero-order chi connectivity index (χ0) is 12.6. The van der Waals surface area contributed by atoms with Gasteiger partial charge in [-0.15, -0.1) is 12.4 Å². The molecule has 0 spiro atoms. The lowest BCUT2D eigenvalue weighted by Gasteiger charge is -2.39. The maximum absolute atomic E-state index is 11.4. The summed E-state index contributed by atoms with van der Waals surface area (Å²) in [5.74, 6) is -1.25. The zero-order valence-electron chi connectivity index (χ0n) is 9.79. The first-order chi connectivity index (χ1) is 7.16. The van der Waals surface area contributed by atoms with E-state index in [9.17, 15) is 19.1 Å². The summed E-state index contributed by atoms with van der Waals surface area (Å²) in [5, 5.41) is 10.5. The highest BCUT2D eigenvalue weighted by atomic mass is 35.5. The van der Waals surface area contributed by atoms with Crippen LogP contribution < -0.4 is 5.32 Å². The van der Waals surface area contributed by atoms with Gasteiger partial charge in [0.15, 0.2) is 0 Å². The monoisotopic (exact) mass is 287 g/mol. The van der Waals surface area contributed by atoms with Crippen LogP contribution in [0.4, 0.5) is 0 Å². The van der Waals surface area contributed by atoms with E-state index in [2.05, 4.69) is 5.32 Å². The van der Waals surface area contributed by atoms with Crippen molar-refractivity contribution in [2.45, 2.75) is 37.9 Å². The van der Waals surface area contributed by atoms with Crippen LogP contribution in [-0.2, 0) is 9.36 Å². The predicted molar refractivity (Wildman–Crippen MR) is 65.5 cm³/mol. The summed E-state index contributed by atoms with van der Waals surface area (Å²) in [6.07, 6.45) is 0.843. The smallest absolute Gasteiger partial charge is 0.331 e. The third-order valence-electron chi connectivity index (χ3n) is 3.45. The van der Waals surface area contributed by atoms with Crippen molar-refractivity contribution in [1.82, 2.24) is 5.32 Å². The van der Waals surface area contributed by atoms with Gasteiger partial charge in [-0.25, -0.2) is 0 Å². The molecule has 1 rings (SSSR count). The molecule has 4 N–H and O–H groups in total. The maximum atomic E-state index is 11.4. The average Bonchev–Trinajstić information content (AvgIpc) is 2.16. The minimum absolute atomic E-state index is 0. The van der Waals surface area contributed by atoms with E-state index in [1.54, 1.807) is 0 Å². The normalized spacial score (nSPS) is 26.1. The van der Waals surface area contributed by atoms with Gasteiger partial charge in [-0.1, -0.05) is 0 Å². The molecule has 0 aromatic rings. The number of carbonyl (C=O) groups is 1. The van der Waals surface area contributed by atoms with E-state index in [0.29, 0.717) is 13.0 Å². The first kappa shape index (κ1) is 16.9. The second-order valence-corrected chi connectivity index (χ2v) is 7.00. The van der Waals surface area contributed by atoms with Crippen molar-refractivity contribution in [1.29, 1.82) is 0 Å². The van der Waals surface area contributed by atoms with Crippen LogP contribution in [0.1, 0.15) is 26.7 Å². The molecule has 2 atom stereocenters. The second kappa shape index (κ2) is 5.67. The molecule has 0 aliphatic carbocycles. The molecule has 1 heterocycles. The quantitative estimate of drug-likeness (QED) is 0.573. The van der Waals surface area contributed by atoms with Gasteiger partial charge in [0.1, 0.15) is 6.04 Å². The Labute approximate surface area is 106 Å². The molecule has 1 aliphatic rings. The first-order valence-corrected chi connectivity index (χ1v) is 6.79. The number of halogens is 1. The molecular weight excluding hydrogens is 269 g/mol. The van der Waals surface area contributed by atoms with Crippen molar-refractivity contribution < 1.29 is 24.3 Å². The Balaban J connectivity index is 0.00000256. The summed E-state index contributed by atoms with van der Waals surface area (Å²) in [4.78, 5) is 29.4. The topological polar surface area (TPSA) is 107 Å². The van der Waals surface area contributed by atoms with Crippen LogP contribution in [0.2, 0.25) is 0 Å². The van der Waals surface area contributed by atoms with E-state index in [1.165, 1.54) is 13.8 Å². The molecule has 102 valence electrons. The Kier molecular flexibility index (Phi) is 5.63. The zero-order valence-corrected chi connectivity index (χ0v) is 11.5. The molecule has 1 saturated heterocycles. The van der Waals surface area contributed by atoms with Crippen LogP contribution in [0.3, 0.4) is 0 Å². The van der Waals surface area contributed by atoms with Gasteiger partial charge < -0.3 is 20.2 Å². The molecule has 0 amide bonds. The van der Waals surface area contributed by atoms with Crippen LogP contribution in [0.5, 0.6) is 0 Å². The summed E-state index contributed by atoms with van der Waals surface area (Å²) in [7, 11) is -4.21. The molecule has 0 radical (unpaired) electrons. The van der Waals surface area contributed by atoms with Crippen LogP contribution in [0, 0.1) is 5.92 Å². The van der Waals surface area contributed by atoms with E-state index < -0.39 is 24.8 Å². The number of carboxylic acid groups (broad SMARTS) is 1. The van der Waals surface area contributed by atoms with Gasteiger partial charge in [0.25, 0.3) is 0 Å². The Bertz CT molecular complexity index is 329. The summed E-state index contributed by atoms with van der Waals surface area (Å²) in [6, 6.07) is -0.704. The highest BCUT2D eigenvalue weighted by molar-refractivity contribution is 7.53. The number of carboxylic acids is 1. The van der Waals surface area contributed by atoms with E-state index in [4.69, 9.17) is 5.11 Å². The summed E-state index contributed by atoms with van der Waals surface area (Å²) >= 11 is 0. The molecule has 8 heteroatoms. The number of hydrogen-bond acceptors (Lipinski definition) is 3. The van der Waals surface area contributed by atoms with E-state index in [1.807, 2.05) is 0 Å². The van der Waals surface area contributed by atoms with Crippen LogP contribution in [0.25, 0.3) is 0 Å². The highest BCUT2D eigenvalue weighted by Gasteiger charge is 2.46. The van der Waals surface area contributed by atoms with E-state index >= 15 is 0 Å². The van der Waals surface area contributed by atoms with Crippen LogP contribution in [-0.4, -0.2) is 38.6 Å². The SMILES string of the molecule is CC(C)([C@@H]1CCN[C@H](C(=O)O)C1)P(=O)(O)O.Cl. The number of hydrogen-bond donors (Lipinski definition) is 4. The van der Waals surface area contributed by atoms with Crippen LogP contribution in [0.15, 0.2) is 0 Å². The summed E-state index contributed by atoms with van der Waals surface area (Å²) < 4.78 is 11.4. The molecule has 1 aliphatic heterocycles. The fraction of sp³-hybridized carbons (Fsp3) is 0.889. The lowest BCUT2D eigenvalue weighted by molar-refractivity contribution is -0.140. The van der Waals surface area contributed by atoms with E-state index in [0.717, 1.165) is 0 Å².